The minimum absolute atomic E-state index is 0.325. The molecule has 0 aliphatic heterocycles. The fraction of sp³-hybridized carbons (Fsp3) is 0.467. The van der Waals surface area contributed by atoms with Crippen LogP contribution in [0.2, 0.25) is 0 Å². The zero-order valence-corrected chi connectivity index (χ0v) is 12.9. The third-order valence-electron chi connectivity index (χ3n) is 4.07. The largest absolute Gasteiger partial charge is 0.383 e. The number of aromatic nitrogens is 2. The van der Waals surface area contributed by atoms with Gasteiger partial charge in [-0.05, 0) is 46.8 Å². The van der Waals surface area contributed by atoms with Gasteiger partial charge in [-0.1, -0.05) is 12.8 Å². The number of nitrogens with zero attached hydrogens (tertiary/aromatic N) is 2. The van der Waals surface area contributed by atoms with Gasteiger partial charge in [0.1, 0.15) is 5.52 Å². The Hall–Kier alpha value is -1.20. The average molecular weight is 335 g/mol. The van der Waals surface area contributed by atoms with Crippen LogP contribution in [0.3, 0.4) is 0 Å². The smallest absolute Gasteiger partial charge is 0.112 e. The van der Waals surface area contributed by atoms with E-state index >= 15 is 0 Å². The van der Waals surface area contributed by atoms with Gasteiger partial charge in [-0.2, -0.15) is 0 Å². The molecule has 3 N–H and O–H groups in total. The summed E-state index contributed by atoms with van der Waals surface area (Å²) in [4.78, 5) is 8.82. The highest BCUT2D eigenvalue weighted by Gasteiger charge is 2.21. The number of fused-ring (bicyclic) bond motifs is 1. The number of hydrogen-bond donors (Lipinski definition) is 2. The summed E-state index contributed by atoms with van der Waals surface area (Å²) in [5.74, 6) is 0.558. The van der Waals surface area contributed by atoms with E-state index in [0.29, 0.717) is 12.0 Å². The van der Waals surface area contributed by atoms with Gasteiger partial charge in [-0.25, -0.2) is 0 Å². The molecule has 1 saturated carbocycles. The van der Waals surface area contributed by atoms with Crippen molar-refractivity contribution in [3.05, 3.63) is 29.0 Å². The predicted molar refractivity (Wildman–Crippen MR) is 85.7 cm³/mol. The molecule has 2 aromatic rings. The second-order valence-corrected chi connectivity index (χ2v) is 6.38. The molecule has 1 aliphatic rings. The number of hydrogen-bond acceptors (Lipinski definition) is 4. The van der Waals surface area contributed by atoms with E-state index in [0.717, 1.165) is 34.2 Å². The van der Waals surface area contributed by atoms with Crippen LogP contribution in [0.1, 0.15) is 25.7 Å². The first-order valence-corrected chi connectivity index (χ1v) is 7.93. The normalized spacial score (nSPS) is 22.9. The van der Waals surface area contributed by atoms with Crippen molar-refractivity contribution in [3.63, 3.8) is 0 Å². The van der Waals surface area contributed by atoms with Crippen molar-refractivity contribution in [2.24, 2.45) is 11.7 Å². The van der Waals surface area contributed by atoms with Crippen molar-refractivity contribution >= 4 is 32.7 Å². The van der Waals surface area contributed by atoms with E-state index in [-0.39, 0.29) is 0 Å². The van der Waals surface area contributed by atoms with Gasteiger partial charge in [0, 0.05) is 29.5 Å². The van der Waals surface area contributed by atoms with Crippen LogP contribution < -0.4 is 11.1 Å². The summed E-state index contributed by atoms with van der Waals surface area (Å²) >= 11 is 3.43. The monoisotopic (exact) mass is 334 g/mol. The van der Waals surface area contributed by atoms with Crippen LogP contribution in [-0.4, -0.2) is 22.6 Å². The number of anilines is 1. The zero-order chi connectivity index (χ0) is 13.9. The molecule has 106 valence electrons. The highest BCUT2D eigenvalue weighted by molar-refractivity contribution is 9.10. The van der Waals surface area contributed by atoms with E-state index in [2.05, 4.69) is 31.2 Å². The lowest BCUT2D eigenvalue weighted by atomic mass is 9.85. The molecule has 1 aliphatic carbocycles. The molecular weight excluding hydrogens is 316 g/mol. The topological polar surface area (TPSA) is 63.8 Å². The molecule has 0 spiro atoms. The van der Waals surface area contributed by atoms with E-state index in [4.69, 9.17) is 5.73 Å². The lowest BCUT2D eigenvalue weighted by Gasteiger charge is -2.29. The van der Waals surface area contributed by atoms with Gasteiger partial charge in [0.25, 0.3) is 0 Å². The highest BCUT2D eigenvalue weighted by atomic mass is 79.9. The summed E-state index contributed by atoms with van der Waals surface area (Å²) in [6.07, 6.45) is 8.56. The maximum atomic E-state index is 6.20. The molecular formula is C15H19BrN4. The molecule has 2 aromatic heterocycles. The van der Waals surface area contributed by atoms with Gasteiger partial charge in [0.2, 0.25) is 0 Å². The molecule has 2 unspecified atom stereocenters. The van der Waals surface area contributed by atoms with Crippen molar-refractivity contribution in [1.82, 2.24) is 9.97 Å². The Bertz CT molecular complexity index is 601. The maximum absolute atomic E-state index is 6.20. The summed E-state index contributed by atoms with van der Waals surface area (Å²) in [5.41, 5.74) is 9.06. The molecule has 4 nitrogen and oxygen atoms in total. The summed E-state index contributed by atoms with van der Waals surface area (Å²) in [6, 6.07) is 4.30. The van der Waals surface area contributed by atoms with E-state index in [1.165, 1.54) is 19.3 Å². The zero-order valence-electron chi connectivity index (χ0n) is 11.3. The number of nitrogens with one attached hydrogen (secondary N) is 1. The van der Waals surface area contributed by atoms with Crippen molar-refractivity contribution in [2.75, 3.05) is 11.9 Å². The van der Waals surface area contributed by atoms with Crippen LogP contribution in [0.4, 0.5) is 5.69 Å². The summed E-state index contributed by atoms with van der Waals surface area (Å²) in [5, 5.41) is 3.51. The highest BCUT2D eigenvalue weighted by Crippen LogP contribution is 2.25. The fourth-order valence-corrected chi connectivity index (χ4v) is 3.20. The molecule has 2 atom stereocenters. The van der Waals surface area contributed by atoms with Gasteiger partial charge < -0.3 is 11.1 Å². The van der Waals surface area contributed by atoms with E-state index in [9.17, 15) is 0 Å². The first-order chi connectivity index (χ1) is 9.74. The Labute approximate surface area is 127 Å². The molecule has 20 heavy (non-hydrogen) atoms. The molecule has 2 heterocycles. The Morgan fingerprint density at radius 2 is 2.15 bits per heavy atom. The Morgan fingerprint density at radius 3 is 3.00 bits per heavy atom. The standard InChI is InChI=1S/C15H19BrN4/c16-11-7-14-15(20-9-11)13(5-6-18-14)19-8-10-3-1-2-4-12(10)17/h5-7,9-10,12H,1-4,8,17H2,(H,18,19). The number of halogens is 1. The summed E-state index contributed by atoms with van der Waals surface area (Å²) in [6.45, 7) is 0.915. The molecule has 3 rings (SSSR count). The van der Waals surface area contributed by atoms with Gasteiger partial charge in [-0.3, -0.25) is 9.97 Å². The van der Waals surface area contributed by atoms with Crippen molar-refractivity contribution in [3.8, 4) is 0 Å². The summed E-state index contributed by atoms with van der Waals surface area (Å²) < 4.78 is 0.948. The SMILES string of the molecule is NC1CCCCC1CNc1ccnc2cc(Br)cnc12. The minimum Gasteiger partial charge on any atom is -0.383 e. The summed E-state index contributed by atoms with van der Waals surface area (Å²) in [7, 11) is 0. The van der Waals surface area contributed by atoms with Gasteiger partial charge >= 0.3 is 0 Å². The van der Waals surface area contributed by atoms with Crippen molar-refractivity contribution in [2.45, 2.75) is 31.7 Å². The molecule has 0 aromatic carbocycles. The Balaban J connectivity index is 1.77. The molecule has 5 heteroatoms. The second-order valence-electron chi connectivity index (χ2n) is 5.47. The molecule has 0 radical (unpaired) electrons. The van der Waals surface area contributed by atoms with Gasteiger partial charge in [-0.15, -0.1) is 0 Å². The van der Waals surface area contributed by atoms with Gasteiger partial charge in [0.15, 0.2) is 0 Å². The molecule has 1 fully saturated rings. The lowest BCUT2D eigenvalue weighted by Crippen LogP contribution is -2.37. The Kier molecular flexibility index (Phi) is 4.17. The Morgan fingerprint density at radius 1 is 1.30 bits per heavy atom. The quantitative estimate of drug-likeness (QED) is 0.903. The van der Waals surface area contributed by atoms with Crippen molar-refractivity contribution in [1.29, 1.82) is 0 Å². The number of pyridine rings is 2. The first kappa shape index (κ1) is 13.8. The third kappa shape index (κ3) is 2.94. The van der Waals surface area contributed by atoms with Crippen LogP contribution in [0.15, 0.2) is 29.0 Å². The van der Waals surface area contributed by atoms with E-state index in [1.54, 1.807) is 0 Å². The predicted octanol–water partition coefficient (Wildman–Crippen LogP) is 3.32. The van der Waals surface area contributed by atoms with Crippen LogP contribution in [0, 0.1) is 5.92 Å². The van der Waals surface area contributed by atoms with Crippen LogP contribution in [0.25, 0.3) is 11.0 Å². The maximum Gasteiger partial charge on any atom is 0.112 e. The van der Waals surface area contributed by atoms with Crippen molar-refractivity contribution < 1.29 is 0 Å². The third-order valence-corrected chi connectivity index (χ3v) is 4.50. The molecule has 0 bridgehead atoms. The van der Waals surface area contributed by atoms with Crippen LogP contribution >= 0.6 is 15.9 Å². The van der Waals surface area contributed by atoms with Crippen LogP contribution in [0.5, 0.6) is 0 Å². The number of rotatable bonds is 3. The second kappa shape index (κ2) is 6.06. The van der Waals surface area contributed by atoms with Crippen LogP contribution in [-0.2, 0) is 0 Å². The average Bonchev–Trinajstić information content (AvgIpc) is 2.46. The lowest BCUT2D eigenvalue weighted by molar-refractivity contribution is 0.321. The number of nitrogens with two attached hydrogens (primary N) is 1. The van der Waals surface area contributed by atoms with Gasteiger partial charge in [0.05, 0.1) is 11.2 Å². The first-order valence-electron chi connectivity index (χ1n) is 7.14. The fourth-order valence-electron chi connectivity index (χ4n) is 2.88. The minimum atomic E-state index is 0.325. The van der Waals surface area contributed by atoms with E-state index in [1.807, 2.05) is 24.5 Å². The molecule has 0 saturated heterocycles. The molecule has 0 amide bonds. The van der Waals surface area contributed by atoms with E-state index < -0.39 is 0 Å².